The first-order valence-electron chi connectivity index (χ1n) is 5.91. The molecule has 0 bridgehead atoms. The second kappa shape index (κ2) is 3.81. The molecule has 1 aromatic rings. The molecule has 1 aromatic heterocycles. The lowest BCUT2D eigenvalue weighted by Crippen LogP contribution is -2.18. The highest BCUT2D eigenvalue weighted by atomic mass is 32.2. The van der Waals surface area contributed by atoms with Crippen LogP contribution >= 0.6 is 11.8 Å². The predicted molar refractivity (Wildman–Crippen MR) is 62.1 cm³/mol. The number of thioether (sulfide) groups is 1. The smallest absolute Gasteiger partial charge is 0.146 e. The van der Waals surface area contributed by atoms with Gasteiger partial charge in [-0.25, -0.2) is 0 Å². The monoisotopic (exact) mass is 223 g/mol. The van der Waals surface area contributed by atoms with Crippen LogP contribution in [0.3, 0.4) is 0 Å². The van der Waals surface area contributed by atoms with Gasteiger partial charge in [0.1, 0.15) is 11.6 Å². The van der Waals surface area contributed by atoms with Crippen LogP contribution in [-0.2, 0) is 6.42 Å². The van der Waals surface area contributed by atoms with E-state index < -0.39 is 0 Å². The summed E-state index contributed by atoms with van der Waals surface area (Å²) in [6.45, 7) is 2.30. The molecule has 15 heavy (non-hydrogen) atoms. The van der Waals surface area contributed by atoms with Crippen LogP contribution in [-0.4, -0.2) is 20.5 Å². The minimum absolute atomic E-state index is 0.611. The first kappa shape index (κ1) is 9.70. The van der Waals surface area contributed by atoms with Crippen LogP contribution in [0.4, 0.5) is 0 Å². The van der Waals surface area contributed by atoms with Gasteiger partial charge in [-0.2, -0.15) is 11.8 Å². The Balaban J connectivity index is 1.97. The fraction of sp³-hybridized carbons (Fsp3) is 0.818. The van der Waals surface area contributed by atoms with Gasteiger partial charge in [0.05, 0.1) is 5.25 Å². The summed E-state index contributed by atoms with van der Waals surface area (Å²) in [4.78, 5) is 0. The molecule has 1 fully saturated rings. The quantitative estimate of drug-likeness (QED) is 0.733. The number of hydrogen-bond donors (Lipinski definition) is 0. The van der Waals surface area contributed by atoms with E-state index in [-0.39, 0.29) is 0 Å². The third-order valence-electron chi connectivity index (χ3n) is 3.47. The van der Waals surface area contributed by atoms with Crippen molar-refractivity contribution in [1.82, 2.24) is 14.8 Å². The Morgan fingerprint density at radius 3 is 3.00 bits per heavy atom. The van der Waals surface area contributed by atoms with Gasteiger partial charge >= 0.3 is 0 Å². The van der Waals surface area contributed by atoms with Gasteiger partial charge in [-0.15, -0.1) is 10.2 Å². The Kier molecular flexibility index (Phi) is 2.47. The van der Waals surface area contributed by atoms with Crippen LogP contribution in [0, 0.1) is 0 Å². The molecule has 82 valence electrons. The van der Waals surface area contributed by atoms with Crippen LogP contribution in [0.1, 0.15) is 55.5 Å². The molecule has 1 saturated heterocycles. The van der Waals surface area contributed by atoms with Crippen molar-refractivity contribution in [2.75, 3.05) is 5.75 Å². The van der Waals surface area contributed by atoms with E-state index in [4.69, 9.17) is 0 Å². The fourth-order valence-corrected chi connectivity index (χ4v) is 3.93. The summed E-state index contributed by atoms with van der Waals surface area (Å²) in [5, 5.41) is 9.39. The average molecular weight is 223 g/mol. The zero-order chi connectivity index (χ0) is 10.3. The van der Waals surface area contributed by atoms with Gasteiger partial charge in [-0.05, 0) is 38.4 Å². The van der Waals surface area contributed by atoms with Crippen molar-refractivity contribution in [3.63, 3.8) is 0 Å². The summed E-state index contributed by atoms with van der Waals surface area (Å²) in [6.07, 6.45) is 6.31. The van der Waals surface area contributed by atoms with Crippen molar-refractivity contribution in [2.45, 2.75) is 50.3 Å². The Labute approximate surface area is 94.7 Å². The molecule has 0 amide bonds. The van der Waals surface area contributed by atoms with E-state index in [1.54, 1.807) is 0 Å². The molecule has 0 spiro atoms. The van der Waals surface area contributed by atoms with E-state index in [0.29, 0.717) is 11.3 Å². The third-order valence-corrected chi connectivity index (χ3v) is 4.85. The van der Waals surface area contributed by atoms with Gasteiger partial charge in [0, 0.05) is 12.5 Å². The van der Waals surface area contributed by atoms with Gasteiger partial charge in [0.25, 0.3) is 0 Å². The number of nitrogens with zero attached hydrogens (tertiary/aromatic N) is 3. The summed E-state index contributed by atoms with van der Waals surface area (Å²) in [7, 11) is 0. The van der Waals surface area contributed by atoms with Crippen LogP contribution < -0.4 is 0 Å². The molecule has 0 radical (unpaired) electrons. The van der Waals surface area contributed by atoms with Crippen LogP contribution in [0.5, 0.6) is 0 Å². The van der Waals surface area contributed by atoms with E-state index in [0.717, 1.165) is 6.42 Å². The second-order valence-electron chi connectivity index (χ2n) is 4.59. The molecule has 0 N–H and O–H groups in total. The summed E-state index contributed by atoms with van der Waals surface area (Å²) < 4.78 is 2.41. The van der Waals surface area contributed by atoms with E-state index in [9.17, 15) is 0 Å². The van der Waals surface area contributed by atoms with Crippen LogP contribution in [0.25, 0.3) is 0 Å². The number of aromatic nitrogens is 3. The lowest BCUT2D eigenvalue weighted by atomic mass is 10.1. The summed E-state index contributed by atoms with van der Waals surface area (Å²) >= 11 is 2.05. The number of rotatable bonds is 1. The number of fused-ring (bicyclic) bond motifs is 1. The average Bonchev–Trinajstić information content (AvgIpc) is 2.85. The van der Waals surface area contributed by atoms with E-state index in [1.807, 2.05) is 0 Å². The molecule has 2 aliphatic rings. The lowest BCUT2D eigenvalue weighted by Gasteiger charge is -2.23. The SMILES string of the molecule is CC1CCCc2nnc(C3CCCS3)n21. The van der Waals surface area contributed by atoms with Crippen LogP contribution in [0.15, 0.2) is 0 Å². The molecule has 3 nitrogen and oxygen atoms in total. The molecule has 4 heteroatoms. The van der Waals surface area contributed by atoms with Gasteiger partial charge in [0.15, 0.2) is 0 Å². The van der Waals surface area contributed by atoms with E-state index in [2.05, 4.69) is 33.5 Å². The maximum atomic E-state index is 4.42. The van der Waals surface area contributed by atoms with Crippen molar-refractivity contribution in [3.05, 3.63) is 11.6 Å². The third kappa shape index (κ3) is 1.59. The summed E-state index contributed by atoms with van der Waals surface area (Å²) in [5.74, 6) is 3.76. The van der Waals surface area contributed by atoms with Crippen molar-refractivity contribution < 1.29 is 0 Å². The Morgan fingerprint density at radius 2 is 2.20 bits per heavy atom. The minimum atomic E-state index is 0.611. The van der Waals surface area contributed by atoms with E-state index >= 15 is 0 Å². The maximum Gasteiger partial charge on any atom is 0.146 e. The van der Waals surface area contributed by atoms with Crippen molar-refractivity contribution >= 4 is 11.8 Å². The van der Waals surface area contributed by atoms with Crippen molar-refractivity contribution in [1.29, 1.82) is 0 Å². The molecular formula is C11H17N3S. The van der Waals surface area contributed by atoms with Gasteiger partial charge in [-0.1, -0.05) is 0 Å². The molecule has 0 aromatic carbocycles. The molecule has 0 saturated carbocycles. The molecule has 3 heterocycles. The largest absolute Gasteiger partial charge is 0.311 e. The highest BCUT2D eigenvalue weighted by Gasteiger charge is 2.28. The van der Waals surface area contributed by atoms with Crippen molar-refractivity contribution in [3.8, 4) is 0 Å². The topological polar surface area (TPSA) is 30.7 Å². The zero-order valence-electron chi connectivity index (χ0n) is 9.15. The fourth-order valence-electron chi connectivity index (χ4n) is 2.67. The zero-order valence-corrected chi connectivity index (χ0v) is 9.96. The Morgan fingerprint density at radius 1 is 1.27 bits per heavy atom. The molecule has 2 unspecified atom stereocenters. The number of aryl methyl sites for hydroxylation is 1. The predicted octanol–water partition coefficient (Wildman–Crippen LogP) is 2.74. The summed E-state index contributed by atoms with van der Waals surface area (Å²) in [5.41, 5.74) is 0. The summed E-state index contributed by atoms with van der Waals surface area (Å²) in [6, 6.07) is 0.611. The van der Waals surface area contributed by atoms with Gasteiger partial charge < -0.3 is 4.57 Å². The van der Waals surface area contributed by atoms with E-state index in [1.165, 1.54) is 43.1 Å². The first-order chi connectivity index (χ1) is 7.36. The maximum absolute atomic E-state index is 4.42. The molecule has 3 rings (SSSR count). The molecular weight excluding hydrogens is 206 g/mol. The Bertz CT molecular complexity index is 355. The highest BCUT2D eigenvalue weighted by molar-refractivity contribution is 7.99. The van der Waals surface area contributed by atoms with Gasteiger partial charge in [-0.3, -0.25) is 0 Å². The first-order valence-corrected chi connectivity index (χ1v) is 6.96. The normalized spacial score (nSPS) is 30.5. The van der Waals surface area contributed by atoms with Crippen molar-refractivity contribution in [2.24, 2.45) is 0 Å². The highest BCUT2D eigenvalue weighted by Crippen LogP contribution is 2.41. The Hall–Kier alpha value is -0.510. The standard InChI is InChI=1S/C11H17N3S/c1-8-4-2-6-10-12-13-11(14(8)10)9-5-3-7-15-9/h8-9H,2-7H2,1H3. The second-order valence-corrected chi connectivity index (χ2v) is 5.90. The molecule has 2 atom stereocenters. The lowest BCUT2D eigenvalue weighted by molar-refractivity contribution is 0.412. The molecule has 0 aliphatic carbocycles. The molecule has 2 aliphatic heterocycles. The number of hydrogen-bond acceptors (Lipinski definition) is 3. The van der Waals surface area contributed by atoms with Gasteiger partial charge in [0.2, 0.25) is 0 Å². The van der Waals surface area contributed by atoms with Crippen LogP contribution in [0.2, 0.25) is 0 Å². The minimum Gasteiger partial charge on any atom is -0.311 e.